The Bertz CT molecular complexity index is 288. The lowest BCUT2D eigenvalue weighted by molar-refractivity contribution is -0.142. The molecule has 0 fully saturated rings. The van der Waals surface area contributed by atoms with Gasteiger partial charge in [-0.1, -0.05) is 13.0 Å². The van der Waals surface area contributed by atoms with Crippen LogP contribution in [0.15, 0.2) is 11.6 Å². The van der Waals surface area contributed by atoms with Crippen molar-refractivity contribution in [3.63, 3.8) is 0 Å². The normalized spacial score (nSPS) is 26.2. The summed E-state index contributed by atoms with van der Waals surface area (Å²) >= 11 is 0. The molecule has 1 rings (SSSR count). The molecule has 0 saturated carbocycles. The number of allylic oxidation sites excluding steroid dienone is 2. The van der Waals surface area contributed by atoms with Crippen LogP contribution in [-0.2, 0) is 9.53 Å². The maximum atomic E-state index is 10.6. The molecule has 0 bridgehead atoms. The van der Waals surface area contributed by atoms with E-state index in [2.05, 4.69) is 13.0 Å². The largest absolute Gasteiger partial charge is 0.466 e. The molecule has 1 aliphatic rings. The number of hydrogen-bond donors (Lipinski definition) is 0. The van der Waals surface area contributed by atoms with Gasteiger partial charge in [0.1, 0.15) is 0 Å². The van der Waals surface area contributed by atoms with Crippen LogP contribution in [0.1, 0.15) is 26.7 Å². The Hall–Kier alpha value is -1.30. The first-order valence-corrected chi connectivity index (χ1v) is 4.86. The fraction of sp³-hybridized carbons (Fsp3) is 0.636. The van der Waals surface area contributed by atoms with Crippen molar-refractivity contribution in [3.05, 3.63) is 11.6 Å². The van der Waals surface area contributed by atoms with Gasteiger partial charge in [-0.25, -0.2) is 0 Å². The molecule has 3 nitrogen and oxygen atoms in total. The highest BCUT2D eigenvalue weighted by Gasteiger charge is 2.22. The van der Waals surface area contributed by atoms with Gasteiger partial charge in [0.15, 0.2) is 0 Å². The minimum Gasteiger partial charge on any atom is -0.466 e. The second kappa shape index (κ2) is 4.80. The fourth-order valence-electron chi connectivity index (χ4n) is 1.67. The van der Waals surface area contributed by atoms with Crippen LogP contribution in [0.25, 0.3) is 0 Å². The van der Waals surface area contributed by atoms with Gasteiger partial charge in [-0.05, 0) is 24.7 Å². The smallest absolute Gasteiger partial charge is 0.302 e. The highest BCUT2D eigenvalue weighted by Crippen LogP contribution is 2.29. The Morgan fingerprint density at radius 3 is 3.00 bits per heavy atom. The third-order valence-corrected chi connectivity index (χ3v) is 2.66. The lowest BCUT2D eigenvalue weighted by Gasteiger charge is -2.25. The van der Waals surface area contributed by atoms with Crippen molar-refractivity contribution in [1.82, 2.24) is 0 Å². The summed E-state index contributed by atoms with van der Waals surface area (Å²) in [6.07, 6.45) is 3.61. The number of ether oxygens (including phenoxy) is 1. The molecule has 76 valence electrons. The van der Waals surface area contributed by atoms with Crippen LogP contribution >= 0.6 is 0 Å². The molecule has 2 unspecified atom stereocenters. The topological polar surface area (TPSA) is 50.1 Å². The van der Waals surface area contributed by atoms with Crippen molar-refractivity contribution >= 4 is 5.97 Å². The summed E-state index contributed by atoms with van der Waals surface area (Å²) in [6, 6.07) is 2.17. The Morgan fingerprint density at radius 1 is 1.79 bits per heavy atom. The van der Waals surface area contributed by atoms with E-state index in [1.165, 1.54) is 6.92 Å². The average molecular weight is 193 g/mol. The molecule has 0 heterocycles. The van der Waals surface area contributed by atoms with E-state index in [0.717, 1.165) is 18.4 Å². The summed E-state index contributed by atoms with van der Waals surface area (Å²) in [7, 11) is 0. The van der Waals surface area contributed by atoms with Gasteiger partial charge in [-0.15, -0.1) is 0 Å². The highest BCUT2D eigenvalue weighted by atomic mass is 16.5. The molecule has 14 heavy (non-hydrogen) atoms. The first-order chi connectivity index (χ1) is 6.63. The second-order valence-corrected chi connectivity index (χ2v) is 3.82. The SMILES string of the molecule is CC(=O)OCC1CC=C(C#N)CC1C. The summed E-state index contributed by atoms with van der Waals surface area (Å²) in [5, 5.41) is 8.71. The van der Waals surface area contributed by atoms with Gasteiger partial charge in [-0.2, -0.15) is 5.26 Å². The number of nitrogens with zero attached hydrogens (tertiary/aromatic N) is 1. The van der Waals surface area contributed by atoms with Crippen LogP contribution in [-0.4, -0.2) is 12.6 Å². The first-order valence-electron chi connectivity index (χ1n) is 4.86. The molecule has 0 amide bonds. The molecule has 0 spiro atoms. The van der Waals surface area contributed by atoms with Crippen LogP contribution in [0, 0.1) is 23.2 Å². The third-order valence-electron chi connectivity index (χ3n) is 2.66. The van der Waals surface area contributed by atoms with Crippen molar-refractivity contribution in [2.45, 2.75) is 26.7 Å². The highest BCUT2D eigenvalue weighted by molar-refractivity contribution is 5.65. The number of carbonyl (C=O) groups excluding carboxylic acids is 1. The first kappa shape index (κ1) is 10.8. The zero-order chi connectivity index (χ0) is 10.6. The minimum atomic E-state index is -0.229. The van der Waals surface area contributed by atoms with E-state index in [9.17, 15) is 4.79 Å². The predicted molar refractivity (Wildman–Crippen MR) is 52.2 cm³/mol. The molecule has 1 aliphatic carbocycles. The monoisotopic (exact) mass is 193 g/mol. The summed E-state index contributed by atoms with van der Waals surface area (Å²) in [6.45, 7) is 3.99. The number of esters is 1. The number of carbonyl (C=O) groups is 1. The molecule has 0 aromatic rings. The van der Waals surface area contributed by atoms with Gasteiger partial charge in [0.25, 0.3) is 0 Å². The number of nitriles is 1. The molecular formula is C11H15NO2. The molecule has 3 heteroatoms. The van der Waals surface area contributed by atoms with Gasteiger partial charge in [0, 0.05) is 12.5 Å². The Balaban J connectivity index is 2.46. The standard InChI is InChI=1S/C11H15NO2/c1-8-5-10(6-12)3-4-11(8)7-14-9(2)13/h3,8,11H,4-5,7H2,1-2H3. The van der Waals surface area contributed by atoms with Crippen molar-refractivity contribution < 1.29 is 9.53 Å². The molecule has 0 radical (unpaired) electrons. The van der Waals surface area contributed by atoms with E-state index in [-0.39, 0.29) is 5.97 Å². The van der Waals surface area contributed by atoms with Gasteiger partial charge in [0.2, 0.25) is 0 Å². The summed E-state index contributed by atoms with van der Waals surface area (Å²) in [5.41, 5.74) is 0.858. The van der Waals surface area contributed by atoms with E-state index >= 15 is 0 Å². The van der Waals surface area contributed by atoms with Crippen molar-refractivity contribution in [3.8, 4) is 6.07 Å². The minimum absolute atomic E-state index is 0.229. The van der Waals surface area contributed by atoms with E-state index in [1.54, 1.807) is 0 Å². The fourth-order valence-corrected chi connectivity index (χ4v) is 1.67. The third kappa shape index (κ3) is 2.88. The van der Waals surface area contributed by atoms with Crippen LogP contribution in [0.5, 0.6) is 0 Å². The number of hydrogen-bond acceptors (Lipinski definition) is 3. The average Bonchev–Trinajstić information content (AvgIpc) is 2.15. The Kier molecular flexibility index (Phi) is 3.70. The molecule has 0 N–H and O–H groups in total. The van der Waals surface area contributed by atoms with Crippen LogP contribution in [0.4, 0.5) is 0 Å². The van der Waals surface area contributed by atoms with Crippen LogP contribution < -0.4 is 0 Å². The lowest BCUT2D eigenvalue weighted by Crippen LogP contribution is -2.22. The molecule has 0 aromatic heterocycles. The van der Waals surface area contributed by atoms with Gasteiger partial charge in [-0.3, -0.25) is 4.79 Å². The molecule has 2 atom stereocenters. The molecule has 0 aromatic carbocycles. The van der Waals surface area contributed by atoms with Gasteiger partial charge < -0.3 is 4.74 Å². The van der Waals surface area contributed by atoms with Crippen molar-refractivity contribution in [2.24, 2.45) is 11.8 Å². The maximum absolute atomic E-state index is 10.6. The quantitative estimate of drug-likeness (QED) is 0.630. The van der Waals surface area contributed by atoms with Crippen LogP contribution in [0.2, 0.25) is 0 Å². The van der Waals surface area contributed by atoms with Crippen LogP contribution in [0.3, 0.4) is 0 Å². The predicted octanol–water partition coefficient (Wildman–Crippen LogP) is 2.05. The second-order valence-electron chi connectivity index (χ2n) is 3.82. The van der Waals surface area contributed by atoms with Gasteiger partial charge >= 0.3 is 5.97 Å². The molecule has 0 saturated heterocycles. The maximum Gasteiger partial charge on any atom is 0.302 e. The Labute approximate surface area is 84.4 Å². The number of rotatable bonds is 2. The summed E-state index contributed by atoms with van der Waals surface area (Å²) in [5.74, 6) is 0.567. The Morgan fingerprint density at radius 2 is 2.50 bits per heavy atom. The van der Waals surface area contributed by atoms with Crippen molar-refractivity contribution in [1.29, 1.82) is 5.26 Å². The van der Waals surface area contributed by atoms with E-state index in [0.29, 0.717) is 18.4 Å². The van der Waals surface area contributed by atoms with E-state index in [4.69, 9.17) is 10.00 Å². The summed E-state index contributed by atoms with van der Waals surface area (Å²) in [4.78, 5) is 10.6. The summed E-state index contributed by atoms with van der Waals surface area (Å²) < 4.78 is 4.97. The lowest BCUT2D eigenvalue weighted by atomic mass is 9.81. The van der Waals surface area contributed by atoms with E-state index in [1.807, 2.05) is 6.08 Å². The zero-order valence-corrected chi connectivity index (χ0v) is 8.62. The molecule has 0 aliphatic heterocycles. The zero-order valence-electron chi connectivity index (χ0n) is 8.62. The van der Waals surface area contributed by atoms with Gasteiger partial charge in [0.05, 0.1) is 12.7 Å². The van der Waals surface area contributed by atoms with E-state index < -0.39 is 0 Å². The molecular weight excluding hydrogens is 178 g/mol. The van der Waals surface area contributed by atoms with Crippen molar-refractivity contribution in [2.75, 3.05) is 6.61 Å².